The first-order valence-electron chi connectivity index (χ1n) is 15.1. The molecule has 6 aromatic rings. The lowest BCUT2D eigenvalue weighted by Crippen LogP contribution is -2.14. The fraction of sp³-hybridized carbons (Fsp3) is 0.225. The highest BCUT2D eigenvalue weighted by Gasteiger charge is 2.19. The lowest BCUT2D eigenvalue weighted by Gasteiger charge is -2.27. The summed E-state index contributed by atoms with van der Waals surface area (Å²) in [7, 11) is 0. The van der Waals surface area contributed by atoms with E-state index in [1.165, 1.54) is 27.6 Å². The number of para-hydroxylation sites is 1. The molecule has 0 bridgehead atoms. The van der Waals surface area contributed by atoms with Crippen LogP contribution in [0.3, 0.4) is 0 Å². The molecule has 0 aliphatic heterocycles. The van der Waals surface area contributed by atoms with E-state index in [1.54, 1.807) is 0 Å². The Hall–Kier alpha value is -4.63. The van der Waals surface area contributed by atoms with Gasteiger partial charge in [-0.2, -0.15) is 0 Å². The molecule has 0 saturated carbocycles. The minimum Gasteiger partial charge on any atom is -0.316 e. The standard InChI is InChI=1S/C40H41N3/c1-28-27-42(37-16-9-8-14-35(28)37)33-12-10-13-34(26-33)43(32-24-22-31(23-25-32)40(5,6)7)38-17-11-15-36(41-38)29-18-20-30(21-19-29)39(2,3)4/h8-27H,1-7H3. The van der Waals surface area contributed by atoms with Gasteiger partial charge >= 0.3 is 0 Å². The zero-order chi connectivity index (χ0) is 30.4. The summed E-state index contributed by atoms with van der Waals surface area (Å²) in [5.41, 5.74) is 10.6. The largest absolute Gasteiger partial charge is 0.316 e. The van der Waals surface area contributed by atoms with E-state index in [2.05, 4.69) is 179 Å². The predicted molar refractivity (Wildman–Crippen MR) is 183 cm³/mol. The molecule has 2 heterocycles. The van der Waals surface area contributed by atoms with Crippen LogP contribution < -0.4 is 4.90 Å². The molecule has 0 fully saturated rings. The van der Waals surface area contributed by atoms with Crippen molar-refractivity contribution in [3.8, 4) is 16.9 Å². The summed E-state index contributed by atoms with van der Waals surface area (Å²) in [4.78, 5) is 7.50. The summed E-state index contributed by atoms with van der Waals surface area (Å²) in [6.07, 6.45) is 2.23. The molecule has 6 rings (SSSR count). The molecule has 3 heteroatoms. The van der Waals surface area contributed by atoms with Crippen molar-refractivity contribution in [2.24, 2.45) is 0 Å². The Kier molecular flexibility index (Phi) is 7.22. The number of aromatic nitrogens is 2. The third-order valence-electron chi connectivity index (χ3n) is 8.28. The maximum atomic E-state index is 5.23. The van der Waals surface area contributed by atoms with Crippen LogP contribution in [0.4, 0.5) is 17.2 Å². The van der Waals surface area contributed by atoms with Gasteiger partial charge in [0.15, 0.2) is 0 Å². The summed E-state index contributed by atoms with van der Waals surface area (Å²) in [5.74, 6) is 0.881. The summed E-state index contributed by atoms with van der Waals surface area (Å²) in [5, 5.41) is 1.27. The molecular formula is C40H41N3. The van der Waals surface area contributed by atoms with Gasteiger partial charge in [-0.1, -0.05) is 108 Å². The van der Waals surface area contributed by atoms with Gasteiger partial charge < -0.3 is 4.57 Å². The zero-order valence-corrected chi connectivity index (χ0v) is 26.4. The van der Waals surface area contributed by atoms with Gasteiger partial charge in [-0.3, -0.25) is 4.90 Å². The Labute approximate surface area is 256 Å². The number of rotatable bonds is 5. The van der Waals surface area contributed by atoms with E-state index in [1.807, 2.05) is 0 Å². The van der Waals surface area contributed by atoms with Crippen molar-refractivity contribution in [1.29, 1.82) is 0 Å². The molecule has 0 atom stereocenters. The highest BCUT2D eigenvalue weighted by Crippen LogP contribution is 2.37. The molecule has 2 aromatic heterocycles. The first-order chi connectivity index (χ1) is 20.5. The Morgan fingerprint density at radius 1 is 0.605 bits per heavy atom. The number of hydrogen-bond acceptors (Lipinski definition) is 2. The zero-order valence-electron chi connectivity index (χ0n) is 26.4. The van der Waals surface area contributed by atoms with Gasteiger partial charge in [0.05, 0.1) is 11.2 Å². The summed E-state index contributed by atoms with van der Waals surface area (Å²) in [6.45, 7) is 15.7. The van der Waals surface area contributed by atoms with Gasteiger partial charge in [-0.15, -0.1) is 0 Å². The molecule has 0 saturated heterocycles. The van der Waals surface area contributed by atoms with Crippen LogP contribution in [0, 0.1) is 6.92 Å². The van der Waals surface area contributed by atoms with Gasteiger partial charge in [0.2, 0.25) is 0 Å². The highest BCUT2D eigenvalue weighted by molar-refractivity contribution is 5.86. The fourth-order valence-electron chi connectivity index (χ4n) is 5.72. The molecular weight excluding hydrogens is 522 g/mol. The van der Waals surface area contributed by atoms with Gasteiger partial charge in [0, 0.05) is 34.2 Å². The van der Waals surface area contributed by atoms with Crippen LogP contribution in [0.2, 0.25) is 0 Å². The van der Waals surface area contributed by atoms with Crippen LogP contribution in [-0.2, 0) is 10.8 Å². The molecule has 0 N–H and O–H groups in total. The van der Waals surface area contributed by atoms with E-state index in [4.69, 9.17) is 4.98 Å². The van der Waals surface area contributed by atoms with Gasteiger partial charge in [0.1, 0.15) is 5.82 Å². The monoisotopic (exact) mass is 563 g/mol. The predicted octanol–water partition coefficient (Wildman–Crippen LogP) is 11.1. The second-order valence-corrected chi connectivity index (χ2v) is 13.6. The smallest absolute Gasteiger partial charge is 0.138 e. The molecule has 0 unspecified atom stereocenters. The lowest BCUT2D eigenvalue weighted by molar-refractivity contribution is 0.590. The molecule has 0 radical (unpaired) electrons. The summed E-state index contributed by atoms with van der Waals surface area (Å²) < 4.78 is 2.29. The van der Waals surface area contributed by atoms with Crippen LogP contribution in [0.15, 0.2) is 121 Å². The second-order valence-electron chi connectivity index (χ2n) is 13.6. The molecule has 0 amide bonds. The van der Waals surface area contributed by atoms with Crippen LogP contribution in [0.5, 0.6) is 0 Å². The van der Waals surface area contributed by atoms with E-state index in [9.17, 15) is 0 Å². The first-order valence-corrected chi connectivity index (χ1v) is 15.1. The number of pyridine rings is 1. The van der Waals surface area contributed by atoms with E-state index in [0.29, 0.717) is 0 Å². The topological polar surface area (TPSA) is 21.1 Å². The van der Waals surface area contributed by atoms with Gasteiger partial charge in [0.25, 0.3) is 0 Å². The number of benzene rings is 4. The van der Waals surface area contributed by atoms with Crippen molar-refractivity contribution >= 4 is 28.1 Å². The third-order valence-corrected chi connectivity index (χ3v) is 8.28. The van der Waals surface area contributed by atoms with Crippen LogP contribution >= 0.6 is 0 Å². The van der Waals surface area contributed by atoms with E-state index in [-0.39, 0.29) is 10.8 Å². The van der Waals surface area contributed by atoms with Crippen molar-refractivity contribution < 1.29 is 0 Å². The Morgan fingerprint density at radius 3 is 1.91 bits per heavy atom. The summed E-state index contributed by atoms with van der Waals surface area (Å²) in [6, 6.07) is 41.4. The molecule has 3 nitrogen and oxygen atoms in total. The number of anilines is 3. The number of nitrogens with zero attached hydrogens (tertiary/aromatic N) is 3. The van der Waals surface area contributed by atoms with Crippen molar-refractivity contribution in [3.63, 3.8) is 0 Å². The van der Waals surface area contributed by atoms with Crippen molar-refractivity contribution in [3.05, 3.63) is 138 Å². The maximum absolute atomic E-state index is 5.23. The van der Waals surface area contributed by atoms with Gasteiger partial charge in [-0.05, 0) is 83.0 Å². The molecule has 0 aliphatic carbocycles. The third kappa shape index (κ3) is 5.72. The van der Waals surface area contributed by atoms with Crippen molar-refractivity contribution in [2.45, 2.75) is 59.3 Å². The number of hydrogen-bond donors (Lipinski definition) is 0. The maximum Gasteiger partial charge on any atom is 0.138 e. The van der Waals surface area contributed by atoms with Crippen LogP contribution in [0.1, 0.15) is 58.2 Å². The van der Waals surface area contributed by atoms with Gasteiger partial charge in [-0.25, -0.2) is 4.98 Å². The fourth-order valence-corrected chi connectivity index (χ4v) is 5.72. The summed E-state index contributed by atoms with van der Waals surface area (Å²) >= 11 is 0. The minimum absolute atomic E-state index is 0.0774. The minimum atomic E-state index is 0.0774. The molecule has 0 spiro atoms. The number of aryl methyl sites for hydroxylation is 1. The highest BCUT2D eigenvalue weighted by atomic mass is 15.2. The number of fused-ring (bicyclic) bond motifs is 1. The Balaban J connectivity index is 1.47. The Morgan fingerprint density at radius 2 is 1.23 bits per heavy atom. The molecule has 43 heavy (non-hydrogen) atoms. The Bertz CT molecular complexity index is 1880. The second kappa shape index (κ2) is 10.9. The van der Waals surface area contributed by atoms with Crippen LogP contribution in [-0.4, -0.2) is 9.55 Å². The van der Waals surface area contributed by atoms with E-state index < -0.39 is 0 Å². The average molecular weight is 564 g/mol. The lowest BCUT2D eigenvalue weighted by atomic mass is 9.86. The van der Waals surface area contributed by atoms with E-state index >= 15 is 0 Å². The SMILES string of the molecule is Cc1cn(-c2cccc(N(c3ccc(C(C)(C)C)cc3)c3cccc(-c4ccc(C(C)(C)C)cc4)n3)c2)c2ccccc12. The average Bonchev–Trinajstić information content (AvgIpc) is 3.33. The molecule has 216 valence electrons. The molecule has 0 aliphatic rings. The van der Waals surface area contributed by atoms with Crippen molar-refractivity contribution in [1.82, 2.24) is 9.55 Å². The van der Waals surface area contributed by atoms with E-state index in [0.717, 1.165) is 34.1 Å². The normalized spacial score (nSPS) is 12.1. The quantitative estimate of drug-likeness (QED) is 0.208. The molecule has 4 aromatic carbocycles. The first kappa shape index (κ1) is 28.5. The van der Waals surface area contributed by atoms with Crippen LogP contribution in [0.25, 0.3) is 27.8 Å². The van der Waals surface area contributed by atoms with Crippen molar-refractivity contribution in [2.75, 3.05) is 4.90 Å².